The summed E-state index contributed by atoms with van der Waals surface area (Å²) in [5, 5.41) is 9.04. The molecule has 1 aromatic heterocycles. The van der Waals surface area contributed by atoms with Gasteiger partial charge in [-0.2, -0.15) is 0 Å². The summed E-state index contributed by atoms with van der Waals surface area (Å²) in [5.74, 6) is 0. The van der Waals surface area contributed by atoms with Gasteiger partial charge >= 0.3 is 0 Å². The molecule has 0 amide bonds. The quantitative estimate of drug-likeness (QED) is 0.178. The molecule has 2 aliphatic carbocycles. The molecule has 11 rings (SSSR count). The lowest BCUT2D eigenvalue weighted by atomic mass is 9.82. The molecule has 2 aliphatic rings. The molecule has 3 heteroatoms. The molecule has 0 spiro atoms. The Morgan fingerprint density at radius 2 is 1.18 bits per heavy atom. The fourth-order valence-corrected chi connectivity index (χ4v) is 9.77. The Labute approximate surface area is 288 Å². The van der Waals surface area contributed by atoms with Crippen LogP contribution in [0.4, 0.5) is 17.1 Å². The lowest BCUT2D eigenvalue weighted by Gasteiger charge is -2.28. The lowest BCUT2D eigenvalue weighted by Crippen LogP contribution is -2.16. The first kappa shape index (κ1) is 27.2. The zero-order valence-electron chi connectivity index (χ0n) is 27.2. The van der Waals surface area contributed by atoms with Crippen LogP contribution >= 0.6 is 11.3 Å². The van der Waals surface area contributed by atoms with Crippen molar-refractivity contribution in [1.29, 1.82) is 0 Å². The molecule has 0 atom stereocenters. The van der Waals surface area contributed by atoms with Crippen LogP contribution in [0, 0.1) is 0 Å². The number of hydrogen-bond donors (Lipinski definition) is 0. The minimum Gasteiger partial charge on any atom is -0.310 e. The molecule has 0 fully saturated rings. The van der Waals surface area contributed by atoms with Gasteiger partial charge in [-0.05, 0) is 91.6 Å². The predicted molar refractivity (Wildman–Crippen MR) is 208 cm³/mol. The topological polar surface area (TPSA) is 16.1 Å². The van der Waals surface area contributed by atoms with Gasteiger partial charge < -0.3 is 4.90 Å². The molecule has 0 saturated carbocycles. The maximum atomic E-state index is 5.38. The van der Waals surface area contributed by atoms with Crippen molar-refractivity contribution in [3.63, 3.8) is 0 Å². The molecule has 0 saturated heterocycles. The van der Waals surface area contributed by atoms with Gasteiger partial charge in [-0.25, -0.2) is 4.98 Å². The van der Waals surface area contributed by atoms with Gasteiger partial charge in [-0.1, -0.05) is 117 Å². The average Bonchev–Trinajstić information content (AvgIpc) is 3.78. The standard InChI is InChI=1S/C46H30N2S/c1-46(2)38-17-7-6-16-34(38)35-23-21-33(26-39(35)46)48(31-13-4-3-5-14-31)32-15-9-12-30(24-32)45-47-43-36-22-20-28-19-18-27-10-8-11-29-25-37(44(43)49-45)42(36)41(28)40(27)29/h3-26H,1-2H3. The highest BCUT2D eigenvalue weighted by molar-refractivity contribution is 7.19. The molecular weight excluding hydrogens is 613 g/mol. The largest absolute Gasteiger partial charge is 0.310 e. The maximum Gasteiger partial charge on any atom is 0.124 e. The van der Waals surface area contributed by atoms with Gasteiger partial charge in [0.25, 0.3) is 0 Å². The van der Waals surface area contributed by atoms with E-state index in [9.17, 15) is 0 Å². The zero-order valence-corrected chi connectivity index (χ0v) is 28.0. The summed E-state index contributed by atoms with van der Waals surface area (Å²) in [4.78, 5) is 9.04. The zero-order chi connectivity index (χ0) is 32.4. The summed E-state index contributed by atoms with van der Waals surface area (Å²) in [5.41, 5.74) is 13.6. The van der Waals surface area contributed by atoms with Gasteiger partial charge in [-0.15, -0.1) is 11.3 Å². The monoisotopic (exact) mass is 642 g/mol. The molecule has 1 heterocycles. The molecule has 230 valence electrons. The van der Waals surface area contributed by atoms with E-state index >= 15 is 0 Å². The Morgan fingerprint density at radius 1 is 0.490 bits per heavy atom. The van der Waals surface area contributed by atoms with Crippen LogP contribution in [-0.2, 0) is 5.41 Å². The summed E-state index contributed by atoms with van der Waals surface area (Å²) >= 11 is 1.81. The van der Waals surface area contributed by atoms with E-state index in [-0.39, 0.29) is 5.41 Å². The first-order chi connectivity index (χ1) is 24.0. The molecule has 0 aliphatic heterocycles. The van der Waals surface area contributed by atoms with Gasteiger partial charge in [0.2, 0.25) is 0 Å². The Morgan fingerprint density at radius 3 is 2.08 bits per heavy atom. The van der Waals surface area contributed by atoms with E-state index in [0.29, 0.717) is 0 Å². The second kappa shape index (κ2) is 9.65. The molecule has 0 radical (unpaired) electrons. The third kappa shape index (κ3) is 3.68. The molecule has 49 heavy (non-hydrogen) atoms. The van der Waals surface area contributed by atoms with Crippen LogP contribution in [0.3, 0.4) is 0 Å². The van der Waals surface area contributed by atoms with E-state index in [0.717, 1.165) is 33.3 Å². The minimum atomic E-state index is -0.0741. The van der Waals surface area contributed by atoms with Crippen LogP contribution < -0.4 is 4.90 Å². The van der Waals surface area contributed by atoms with Gasteiger partial charge in [0.15, 0.2) is 0 Å². The summed E-state index contributed by atoms with van der Waals surface area (Å²) in [6.07, 6.45) is 0. The molecule has 0 bridgehead atoms. The van der Waals surface area contributed by atoms with Crippen molar-refractivity contribution in [3.05, 3.63) is 157 Å². The number of rotatable bonds is 4. The van der Waals surface area contributed by atoms with E-state index in [4.69, 9.17) is 4.98 Å². The molecular formula is C46H30N2S. The van der Waals surface area contributed by atoms with Crippen LogP contribution in [0.2, 0.25) is 0 Å². The van der Waals surface area contributed by atoms with Crippen LogP contribution in [0.25, 0.3) is 75.7 Å². The van der Waals surface area contributed by atoms with Gasteiger partial charge in [0.1, 0.15) is 5.01 Å². The van der Waals surface area contributed by atoms with E-state index < -0.39 is 0 Å². The number of aromatic nitrogens is 1. The normalized spacial score (nSPS) is 13.7. The smallest absolute Gasteiger partial charge is 0.124 e. The number of anilines is 3. The summed E-state index contributed by atoms with van der Waals surface area (Å²) in [7, 11) is 0. The third-order valence-electron chi connectivity index (χ3n) is 10.9. The molecule has 2 nitrogen and oxygen atoms in total. The van der Waals surface area contributed by atoms with Gasteiger partial charge in [-0.3, -0.25) is 0 Å². The second-order valence-electron chi connectivity index (χ2n) is 14.0. The van der Waals surface area contributed by atoms with Crippen molar-refractivity contribution in [2.24, 2.45) is 0 Å². The van der Waals surface area contributed by atoms with Crippen molar-refractivity contribution in [2.75, 3.05) is 4.90 Å². The number of benzene rings is 8. The first-order valence-corrected chi connectivity index (χ1v) is 17.8. The molecule has 9 aromatic rings. The van der Waals surface area contributed by atoms with Crippen molar-refractivity contribution >= 4 is 60.7 Å². The Balaban J connectivity index is 1.05. The SMILES string of the molecule is CC1(C)c2ccccc2-c2ccc(N(c3ccccc3)c3cccc(-c4nc5c(s4)-c4cc6cccc7ccc8ccc-5c4c8c76)c3)cc21. The van der Waals surface area contributed by atoms with Crippen molar-refractivity contribution in [1.82, 2.24) is 4.98 Å². The summed E-state index contributed by atoms with van der Waals surface area (Å²) in [6.45, 7) is 4.70. The lowest BCUT2D eigenvalue weighted by molar-refractivity contribution is 0.660. The molecule has 8 aromatic carbocycles. The first-order valence-electron chi connectivity index (χ1n) is 17.0. The number of fused-ring (bicyclic) bond motifs is 6. The van der Waals surface area contributed by atoms with E-state index in [2.05, 4.69) is 164 Å². The highest BCUT2D eigenvalue weighted by Crippen LogP contribution is 2.55. The fraction of sp³-hybridized carbons (Fsp3) is 0.0652. The van der Waals surface area contributed by atoms with Crippen LogP contribution in [0.1, 0.15) is 25.0 Å². The fourth-order valence-electron chi connectivity index (χ4n) is 8.67. The molecule has 0 N–H and O–H groups in total. The maximum absolute atomic E-state index is 5.38. The van der Waals surface area contributed by atoms with Crippen molar-refractivity contribution < 1.29 is 0 Å². The summed E-state index contributed by atoms with van der Waals surface area (Å²) < 4.78 is 0. The third-order valence-corrected chi connectivity index (χ3v) is 12.1. The highest BCUT2D eigenvalue weighted by atomic mass is 32.1. The Hall–Kier alpha value is -5.77. The molecule has 0 unspecified atom stereocenters. The van der Waals surface area contributed by atoms with Crippen molar-refractivity contribution in [2.45, 2.75) is 19.3 Å². The second-order valence-corrected chi connectivity index (χ2v) is 15.0. The predicted octanol–water partition coefficient (Wildman–Crippen LogP) is 13.1. The number of hydrogen-bond acceptors (Lipinski definition) is 3. The van der Waals surface area contributed by atoms with Gasteiger partial charge in [0.05, 0.1) is 10.6 Å². The van der Waals surface area contributed by atoms with Crippen LogP contribution in [0.15, 0.2) is 146 Å². The van der Waals surface area contributed by atoms with E-state index in [1.807, 2.05) is 11.3 Å². The van der Waals surface area contributed by atoms with Gasteiger partial charge in [0, 0.05) is 44.6 Å². The number of nitrogens with zero attached hydrogens (tertiary/aromatic N) is 2. The van der Waals surface area contributed by atoms with Crippen LogP contribution in [0.5, 0.6) is 0 Å². The minimum absolute atomic E-state index is 0.0741. The van der Waals surface area contributed by atoms with E-state index in [1.165, 1.54) is 70.6 Å². The Bertz CT molecular complexity index is 2810. The number of thiazole rings is 1. The van der Waals surface area contributed by atoms with Crippen molar-refractivity contribution in [3.8, 4) is 43.4 Å². The number of para-hydroxylation sites is 1. The average molecular weight is 643 g/mol. The van der Waals surface area contributed by atoms with E-state index in [1.54, 1.807) is 0 Å². The van der Waals surface area contributed by atoms with Crippen LogP contribution in [-0.4, -0.2) is 4.98 Å². The highest BCUT2D eigenvalue weighted by Gasteiger charge is 2.36. The summed E-state index contributed by atoms with van der Waals surface area (Å²) in [6, 6.07) is 53.6. The Kier molecular flexibility index (Phi) is 5.36.